The molecule has 2 aromatic rings. The molecule has 10 heteroatoms. The van der Waals surface area contributed by atoms with E-state index in [9.17, 15) is 31.1 Å². The Labute approximate surface area is 131 Å². The summed E-state index contributed by atoms with van der Waals surface area (Å²) >= 11 is 0. The van der Waals surface area contributed by atoms with Crippen molar-refractivity contribution in [1.82, 2.24) is 4.98 Å². The maximum absolute atomic E-state index is 13.1. The van der Waals surface area contributed by atoms with E-state index in [0.717, 1.165) is 6.20 Å². The number of hydrogen-bond donors (Lipinski definition) is 2. The number of pyridine rings is 1. The van der Waals surface area contributed by atoms with Crippen molar-refractivity contribution in [1.29, 1.82) is 0 Å². The molecule has 1 atom stereocenters. The third-order valence-corrected chi connectivity index (χ3v) is 3.28. The fourth-order valence-electron chi connectivity index (χ4n) is 2.06. The molecule has 0 spiro atoms. The second-order valence-electron chi connectivity index (χ2n) is 5.04. The number of nitrogens with one attached hydrogen (secondary N) is 1. The molecule has 1 aromatic heterocycles. The van der Waals surface area contributed by atoms with Gasteiger partial charge in [0, 0.05) is 17.3 Å². The first-order valence-electron chi connectivity index (χ1n) is 6.54. The van der Waals surface area contributed by atoms with Gasteiger partial charge in [-0.25, -0.2) is 0 Å². The maximum atomic E-state index is 13.1. The van der Waals surface area contributed by atoms with Crippen LogP contribution in [0.4, 0.5) is 32.0 Å². The van der Waals surface area contributed by atoms with Crippen molar-refractivity contribution in [2.75, 3.05) is 5.32 Å². The molecular formula is C14H11F6N3O. The lowest BCUT2D eigenvalue weighted by Crippen LogP contribution is -2.32. The van der Waals surface area contributed by atoms with Crippen molar-refractivity contribution in [2.45, 2.75) is 25.3 Å². The number of hydrogen-bond acceptors (Lipinski definition) is 3. The number of anilines is 1. The molecule has 1 aromatic carbocycles. The smallest absolute Gasteiger partial charge is 0.373 e. The molecule has 4 nitrogen and oxygen atoms in total. The van der Waals surface area contributed by atoms with E-state index in [2.05, 4.69) is 10.3 Å². The molecule has 24 heavy (non-hydrogen) atoms. The Morgan fingerprint density at radius 3 is 2.29 bits per heavy atom. The minimum absolute atomic E-state index is 0.0105. The summed E-state index contributed by atoms with van der Waals surface area (Å²) in [5.41, 5.74) is 1.31. The Morgan fingerprint density at radius 2 is 1.79 bits per heavy atom. The Morgan fingerprint density at radius 1 is 1.17 bits per heavy atom. The number of nitrogens with zero attached hydrogens (tertiary/aromatic N) is 1. The third kappa shape index (κ3) is 3.52. The van der Waals surface area contributed by atoms with Crippen LogP contribution in [-0.4, -0.2) is 16.9 Å². The van der Waals surface area contributed by atoms with Crippen LogP contribution in [-0.2, 0) is 17.1 Å². The molecule has 0 saturated carbocycles. The molecule has 1 amide bonds. The second kappa shape index (κ2) is 5.84. The van der Waals surface area contributed by atoms with Crippen LogP contribution in [0.1, 0.15) is 18.1 Å². The van der Waals surface area contributed by atoms with Crippen LogP contribution in [0.3, 0.4) is 0 Å². The molecule has 130 valence electrons. The Hall–Kier alpha value is -2.52. The maximum Gasteiger partial charge on any atom is 0.418 e. The van der Waals surface area contributed by atoms with Gasteiger partial charge < -0.3 is 11.1 Å². The largest absolute Gasteiger partial charge is 0.418 e. The molecule has 1 heterocycles. The Kier molecular flexibility index (Phi) is 4.34. The average Bonchev–Trinajstić information content (AvgIpc) is 2.44. The molecule has 0 unspecified atom stereocenters. The lowest BCUT2D eigenvalue weighted by molar-refractivity contribution is -0.142. The summed E-state index contributed by atoms with van der Waals surface area (Å²) in [6.45, 7) is 1.33. The lowest BCUT2D eigenvalue weighted by Gasteiger charge is -2.18. The number of carbonyl (C=O) groups excluding carboxylic acids is 1. The first-order valence-corrected chi connectivity index (χ1v) is 6.54. The summed E-state index contributed by atoms with van der Waals surface area (Å²) in [5.74, 6) is -0.817. The standard InChI is InChI=1S/C14H11F6N3O/c1-6(12(21)24)23-10-2-3-22-11-8(10)4-7(13(15,16)17)5-9(11)14(18,19)20/h2-6H,1H3,(H2,21,24)(H,22,23)/t6-/m0/s1. The topological polar surface area (TPSA) is 68.0 Å². The number of alkyl halides is 6. The monoisotopic (exact) mass is 351 g/mol. The average molecular weight is 351 g/mol. The van der Waals surface area contributed by atoms with Gasteiger partial charge in [0.05, 0.1) is 16.6 Å². The van der Waals surface area contributed by atoms with E-state index < -0.39 is 46.3 Å². The first kappa shape index (κ1) is 17.8. The van der Waals surface area contributed by atoms with E-state index in [1.807, 2.05) is 0 Å². The number of aromatic nitrogens is 1. The van der Waals surface area contributed by atoms with Crippen LogP contribution >= 0.6 is 0 Å². The lowest BCUT2D eigenvalue weighted by atomic mass is 10.0. The van der Waals surface area contributed by atoms with Gasteiger partial charge in [0.1, 0.15) is 6.04 Å². The number of carbonyl (C=O) groups is 1. The van der Waals surface area contributed by atoms with Crippen LogP contribution < -0.4 is 11.1 Å². The van der Waals surface area contributed by atoms with Gasteiger partial charge in [0.25, 0.3) is 0 Å². The fraction of sp³-hybridized carbons (Fsp3) is 0.286. The van der Waals surface area contributed by atoms with E-state index in [0.29, 0.717) is 6.07 Å². The predicted octanol–water partition coefficient (Wildman–Crippen LogP) is 3.56. The number of rotatable bonds is 3. The van der Waals surface area contributed by atoms with Crippen molar-refractivity contribution in [3.63, 3.8) is 0 Å². The van der Waals surface area contributed by atoms with Gasteiger partial charge in [-0.1, -0.05) is 0 Å². The van der Waals surface area contributed by atoms with E-state index in [1.54, 1.807) is 0 Å². The molecule has 0 aliphatic carbocycles. The van der Waals surface area contributed by atoms with Gasteiger partial charge in [0.2, 0.25) is 5.91 Å². The zero-order valence-corrected chi connectivity index (χ0v) is 12.1. The Bertz CT molecular complexity index is 784. The van der Waals surface area contributed by atoms with Gasteiger partial charge in [0.15, 0.2) is 0 Å². The van der Waals surface area contributed by atoms with Gasteiger partial charge in [-0.05, 0) is 25.1 Å². The summed E-state index contributed by atoms with van der Waals surface area (Å²) in [4.78, 5) is 14.6. The number of nitrogens with two attached hydrogens (primary N) is 1. The van der Waals surface area contributed by atoms with Crippen molar-refractivity contribution >= 4 is 22.5 Å². The minimum Gasteiger partial charge on any atom is -0.373 e. The van der Waals surface area contributed by atoms with Crippen LogP contribution in [0.5, 0.6) is 0 Å². The van der Waals surface area contributed by atoms with Crippen molar-refractivity contribution in [2.24, 2.45) is 5.73 Å². The zero-order chi connectivity index (χ0) is 18.3. The number of amides is 1. The summed E-state index contributed by atoms with van der Waals surface area (Å²) < 4.78 is 78.1. The molecule has 0 fully saturated rings. The number of benzene rings is 1. The summed E-state index contributed by atoms with van der Waals surface area (Å²) in [6.07, 6.45) is -9.00. The Balaban J connectivity index is 2.77. The van der Waals surface area contributed by atoms with Gasteiger partial charge >= 0.3 is 12.4 Å². The van der Waals surface area contributed by atoms with Crippen molar-refractivity contribution in [3.05, 3.63) is 35.5 Å². The number of primary amides is 1. The molecule has 0 aliphatic heterocycles. The SMILES string of the molecule is C[C@H](Nc1ccnc2c(C(F)(F)F)cc(C(F)(F)F)cc12)C(N)=O. The fourth-order valence-corrected chi connectivity index (χ4v) is 2.06. The molecule has 0 saturated heterocycles. The minimum atomic E-state index is -5.03. The van der Waals surface area contributed by atoms with Crippen LogP contribution in [0.2, 0.25) is 0 Å². The van der Waals surface area contributed by atoms with E-state index in [1.165, 1.54) is 13.0 Å². The quantitative estimate of drug-likeness (QED) is 0.831. The van der Waals surface area contributed by atoms with Crippen LogP contribution in [0.25, 0.3) is 10.9 Å². The van der Waals surface area contributed by atoms with Crippen molar-refractivity contribution < 1.29 is 31.1 Å². The predicted molar refractivity (Wildman–Crippen MR) is 74.0 cm³/mol. The third-order valence-electron chi connectivity index (χ3n) is 3.28. The highest BCUT2D eigenvalue weighted by atomic mass is 19.4. The number of halogens is 6. The van der Waals surface area contributed by atoms with E-state index >= 15 is 0 Å². The highest BCUT2D eigenvalue weighted by Crippen LogP contribution is 2.40. The molecule has 3 N–H and O–H groups in total. The van der Waals surface area contributed by atoms with Crippen LogP contribution in [0, 0.1) is 0 Å². The molecule has 2 rings (SSSR count). The highest BCUT2D eigenvalue weighted by molar-refractivity contribution is 5.95. The first-order chi connectivity index (χ1) is 10.9. The van der Waals surface area contributed by atoms with Crippen LogP contribution in [0.15, 0.2) is 24.4 Å². The van der Waals surface area contributed by atoms with Gasteiger partial charge in [-0.3, -0.25) is 9.78 Å². The molecular weight excluding hydrogens is 340 g/mol. The van der Waals surface area contributed by atoms with Gasteiger partial charge in [-0.2, -0.15) is 26.3 Å². The van der Waals surface area contributed by atoms with E-state index in [4.69, 9.17) is 5.73 Å². The van der Waals surface area contributed by atoms with E-state index in [-0.39, 0.29) is 11.8 Å². The zero-order valence-electron chi connectivity index (χ0n) is 12.1. The highest BCUT2D eigenvalue weighted by Gasteiger charge is 2.39. The molecule has 0 radical (unpaired) electrons. The summed E-state index contributed by atoms with van der Waals surface area (Å²) in [6, 6.07) is 0.728. The normalized spacial score (nSPS) is 13.8. The summed E-state index contributed by atoms with van der Waals surface area (Å²) in [5, 5.41) is 2.08. The second-order valence-corrected chi connectivity index (χ2v) is 5.04. The number of fused-ring (bicyclic) bond motifs is 1. The molecule has 0 bridgehead atoms. The van der Waals surface area contributed by atoms with Gasteiger partial charge in [-0.15, -0.1) is 0 Å². The molecule has 0 aliphatic rings. The van der Waals surface area contributed by atoms with Crippen molar-refractivity contribution in [3.8, 4) is 0 Å². The summed E-state index contributed by atoms with van der Waals surface area (Å²) in [7, 11) is 0.